The van der Waals surface area contributed by atoms with Crippen molar-refractivity contribution < 1.29 is 0 Å². The van der Waals surface area contributed by atoms with Crippen molar-refractivity contribution in [2.45, 2.75) is 18.8 Å². The van der Waals surface area contributed by atoms with E-state index in [9.17, 15) is 0 Å². The number of alkyl halides is 1. The number of rotatable bonds is 3. The second kappa shape index (κ2) is 5.11. The van der Waals surface area contributed by atoms with Crippen LogP contribution in [0, 0.1) is 0 Å². The first kappa shape index (κ1) is 13.5. The Kier molecular flexibility index (Phi) is 3.44. The van der Waals surface area contributed by atoms with Gasteiger partial charge in [0.1, 0.15) is 17.2 Å². The number of hydrogen-bond acceptors (Lipinski definition) is 2. The Labute approximate surface area is 127 Å². The van der Waals surface area contributed by atoms with Crippen molar-refractivity contribution in [3.63, 3.8) is 0 Å². The minimum atomic E-state index is -0.196. The molecule has 104 valence electrons. The zero-order valence-electron chi connectivity index (χ0n) is 11.2. The van der Waals surface area contributed by atoms with Crippen molar-refractivity contribution in [3.8, 4) is 0 Å². The van der Waals surface area contributed by atoms with Crippen LogP contribution in [0.1, 0.15) is 23.9 Å². The van der Waals surface area contributed by atoms with Gasteiger partial charge in [-0.3, -0.25) is 0 Å². The number of fused-ring (bicyclic) bond motifs is 1. The van der Waals surface area contributed by atoms with Gasteiger partial charge in [-0.05, 0) is 19.1 Å². The molecule has 20 heavy (non-hydrogen) atoms. The maximum absolute atomic E-state index is 6.26. The fourth-order valence-electron chi connectivity index (χ4n) is 2.29. The first-order valence-corrected chi connectivity index (χ1v) is 7.14. The number of nitrogens with zero attached hydrogens (tertiary/aromatic N) is 4. The van der Waals surface area contributed by atoms with E-state index in [1.807, 2.05) is 42.9 Å². The number of aromatic nitrogens is 4. The van der Waals surface area contributed by atoms with Gasteiger partial charge in [0.05, 0.1) is 22.5 Å². The van der Waals surface area contributed by atoms with E-state index in [-0.39, 0.29) is 5.38 Å². The summed E-state index contributed by atoms with van der Waals surface area (Å²) in [6, 6.07) is 5.76. The Morgan fingerprint density at radius 2 is 2.15 bits per heavy atom. The van der Waals surface area contributed by atoms with E-state index in [1.54, 1.807) is 6.20 Å². The van der Waals surface area contributed by atoms with E-state index in [4.69, 9.17) is 23.2 Å². The van der Waals surface area contributed by atoms with Crippen molar-refractivity contribution in [1.82, 2.24) is 19.1 Å². The summed E-state index contributed by atoms with van der Waals surface area (Å²) in [6.07, 6.45) is 3.70. The molecule has 1 unspecified atom stereocenters. The van der Waals surface area contributed by atoms with Crippen LogP contribution in [0.2, 0.25) is 5.02 Å². The lowest BCUT2D eigenvalue weighted by molar-refractivity contribution is 0.677. The van der Waals surface area contributed by atoms with Gasteiger partial charge >= 0.3 is 0 Å². The second-order valence-electron chi connectivity index (χ2n) is 4.73. The molecule has 4 nitrogen and oxygen atoms in total. The average Bonchev–Trinajstić information content (AvgIpc) is 2.96. The molecule has 0 amide bonds. The molecule has 0 aliphatic heterocycles. The molecule has 3 aromatic rings. The van der Waals surface area contributed by atoms with Crippen LogP contribution in [0.25, 0.3) is 11.0 Å². The molecule has 0 saturated carbocycles. The van der Waals surface area contributed by atoms with E-state index < -0.39 is 0 Å². The van der Waals surface area contributed by atoms with Crippen LogP contribution in [-0.2, 0) is 13.6 Å². The summed E-state index contributed by atoms with van der Waals surface area (Å²) >= 11 is 12.5. The monoisotopic (exact) mass is 308 g/mol. The Bertz CT molecular complexity index is 758. The minimum absolute atomic E-state index is 0.196. The molecular formula is C14H14Cl2N4. The van der Waals surface area contributed by atoms with Crippen molar-refractivity contribution in [2.24, 2.45) is 7.05 Å². The SMILES string of the molecule is CC(Cl)c1nc2c(Cl)cccc2n1Cc1nccn1C. The van der Waals surface area contributed by atoms with Crippen LogP contribution in [-0.4, -0.2) is 19.1 Å². The van der Waals surface area contributed by atoms with Gasteiger partial charge in [-0.25, -0.2) is 9.97 Å². The molecule has 0 aliphatic rings. The molecule has 3 rings (SSSR count). The van der Waals surface area contributed by atoms with Crippen LogP contribution in [0.15, 0.2) is 30.6 Å². The smallest absolute Gasteiger partial charge is 0.128 e. The fourth-order valence-corrected chi connectivity index (χ4v) is 2.67. The highest BCUT2D eigenvalue weighted by atomic mass is 35.5. The Morgan fingerprint density at radius 1 is 1.35 bits per heavy atom. The lowest BCUT2D eigenvalue weighted by Crippen LogP contribution is -2.09. The average molecular weight is 309 g/mol. The van der Waals surface area contributed by atoms with E-state index >= 15 is 0 Å². The second-order valence-corrected chi connectivity index (χ2v) is 5.80. The first-order valence-electron chi connectivity index (χ1n) is 6.33. The molecule has 0 N–H and O–H groups in total. The largest absolute Gasteiger partial charge is 0.337 e. The number of benzene rings is 1. The van der Waals surface area contributed by atoms with Gasteiger partial charge in [0.2, 0.25) is 0 Å². The molecule has 1 aromatic carbocycles. The quantitative estimate of drug-likeness (QED) is 0.690. The number of hydrogen-bond donors (Lipinski definition) is 0. The molecule has 6 heteroatoms. The van der Waals surface area contributed by atoms with Gasteiger partial charge < -0.3 is 9.13 Å². The van der Waals surface area contributed by atoms with E-state index in [1.165, 1.54) is 0 Å². The molecule has 2 aromatic heterocycles. The van der Waals surface area contributed by atoms with Gasteiger partial charge in [0.25, 0.3) is 0 Å². The highest BCUT2D eigenvalue weighted by Crippen LogP contribution is 2.29. The summed E-state index contributed by atoms with van der Waals surface area (Å²) in [7, 11) is 1.97. The summed E-state index contributed by atoms with van der Waals surface area (Å²) in [5.74, 6) is 1.75. The molecular weight excluding hydrogens is 295 g/mol. The highest BCUT2D eigenvalue weighted by molar-refractivity contribution is 6.35. The third-order valence-corrected chi connectivity index (χ3v) is 3.84. The van der Waals surface area contributed by atoms with Crippen LogP contribution in [0.3, 0.4) is 0 Å². The van der Waals surface area contributed by atoms with Crippen LogP contribution in [0.5, 0.6) is 0 Å². The van der Waals surface area contributed by atoms with Gasteiger partial charge in [0.15, 0.2) is 0 Å². The topological polar surface area (TPSA) is 35.6 Å². The third-order valence-electron chi connectivity index (χ3n) is 3.34. The number of halogens is 2. The number of imidazole rings is 2. The van der Waals surface area contributed by atoms with Crippen LogP contribution >= 0.6 is 23.2 Å². The third kappa shape index (κ3) is 2.19. The molecule has 0 aliphatic carbocycles. The molecule has 1 atom stereocenters. The van der Waals surface area contributed by atoms with Crippen molar-refractivity contribution >= 4 is 34.2 Å². The summed E-state index contributed by atoms with van der Waals surface area (Å²) in [6.45, 7) is 2.53. The lowest BCUT2D eigenvalue weighted by Gasteiger charge is -2.10. The zero-order valence-corrected chi connectivity index (χ0v) is 12.7. The Morgan fingerprint density at radius 3 is 2.80 bits per heavy atom. The van der Waals surface area contributed by atoms with Gasteiger partial charge in [-0.1, -0.05) is 17.7 Å². The molecule has 0 radical (unpaired) electrons. The van der Waals surface area contributed by atoms with Crippen molar-refractivity contribution in [3.05, 3.63) is 47.3 Å². The van der Waals surface area contributed by atoms with E-state index in [0.717, 1.165) is 22.7 Å². The molecule has 0 spiro atoms. The zero-order chi connectivity index (χ0) is 14.3. The van der Waals surface area contributed by atoms with Crippen molar-refractivity contribution in [1.29, 1.82) is 0 Å². The maximum atomic E-state index is 6.26. The number of para-hydroxylation sites is 1. The summed E-state index contributed by atoms with van der Waals surface area (Å²) in [5, 5.41) is 0.443. The Balaban J connectivity index is 2.19. The van der Waals surface area contributed by atoms with Crippen LogP contribution in [0.4, 0.5) is 0 Å². The molecule has 0 bridgehead atoms. The standard InChI is InChI=1S/C14H14Cl2N4/c1-9(15)14-18-13-10(16)4-3-5-11(13)20(14)8-12-17-6-7-19(12)2/h3-7,9H,8H2,1-2H3. The minimum Gasteiger partial charge on any atom is -0.337 e. The first-order chi connectivity index (χ1) is 9.58. The van der Waals surface area contributed by atoms with Crippen LogP contribution < -0.4 is 0 Å². The van der Waals surface area contributed by atoms with Gasteiger partial charge in [0, 0.05) is 19.4 Å². The maximum Gasteiger partial charge on any atom is 0.128 e. The summed E-state index contributed by atoms with van der Waals surface area (Å²) in [5.41, 5.74) is 1.76. The predicted octanol–water partition coefficient (Wildman–Crippen LogP) is 3.77. The van der Waals surface area contributed by atoms with E-state index in [0.29, 0.717) is 11.6 Å². The molecule has 0 fully saturated rings. The Hall–Kier alpha value is -1.52. The fraction of sp³-hybridized carbons (Fsp3) is 0.286. The lowest BCUT2D eigenvalue weighted by atomic mass is 10.3. The summed E-state index contributed by atoms with van der Waals surface area (Å²) < 4.78 is 4.06. The van der Waals surface area contributed by atoms with Gasteiger partial charge in [-0.2, -0.15) is 0 Å². The normalized spacial score (nSPS) is 13.0. The molecule has 0 saturated heterocycles. The molecule has 2 heterocycles. The van der Waals surface area contributed by atoms with Crippen molar-refractivity contribution in [2.75, 3.05) is 0 Å². The highest BCUT2D eigenvalue weighted by Gasteiger charge is 2.17. The number of aryl methyl sites for hydroxylation is 1. The predicted molar refractivity (Wildman–Crippen MR) is 81.3 cm³/mol. The van der Waals surface area contributed by atoms with Gasteiger partial charge in [-0.15, -0.1) is 11.6 Å². The van der Waals surface area contributed by atoms with E-state index in [2.05, 4.69) is 14.5 Å². The summed E-state index contributed by atoms with van der Waals surface area (Å²) in [4.78, 5) is 8.94.